The van der Waals surface area contributed by atoms with Crippen molar-refractivity contribution >= 4 is 23.3 Å². The van der Waals surface area contributed by atoms with Crippen LogP contribution in [0.25, 0.3) is 0 Å². The van der Waals surface area contributed by atoms with E-state index in [1.165, 1.54) is 44.4 Å². The number of carbonyl (C=O) groups is 2. The van der Waals surface area contributed by atoms with Gasteiger partial charge in [0.2, 0.25) is 11.8 Å². The van der Waals surface area contributed by atoms with Crippen LogP contribution >= 0.6 is 0 Å². The summed E-state index contributed by atoms with van der Waals surface area (Å²) in [5, 5.41) is 5.85. The molecule has 0 atom stereocenters. The number of carbonyl (C=O) groups excluding carboxylic acids is 2. The molecule has 4 rings (SSSR count). The summed E-state index contributed by atoms with van der Waals surface area (Å²) in [5.41, 5.74) is -0.205. The molecule has 9 nitrogen and oxygen atoms in total. The molecule has 2 heterocycles. The molecule has 1 amide bonds. The second-order valence-electron chi connectivity index (χ2n) is 9.19. The lowest BCUT2D eigenvalue weighted by Crippen LogP contribution is -2.43. The lowest BCUT2D eigenvalue weighted by Gasteiger charge is -2.29. The van der Waals surface area contributed by atoms with Crippen LogP contribution in [-0.4, -0.2) is 59.8 Å². The zero-order valence-electron chi connectivity index (χ0n) is 21.6. The third kappa shape index (κ3) is 7.02. The van der Waals surface area contributed by atoms with Gasteiger partial charge in [-0.3, -0.25) is 9.59 Å². The van der Waals surface area contributed by atoms with Gasteiger partial charge in [0.15, 0.2) is 5.78 Å². The molecule has 1 aliphatic rings. The van der Waals surface area contributed by atoms with Crippen molar-refractivity contribution < 1.29 is 32.2 Å². The Morgan fingerprint density at radius 1 is 1.08 bits per heavy atom. The summed E-state index contributed by atoms with van der Waals surface area (Å²) < 4.78 is 51.8. The number of nitrogens with zero attached hydrogens (tertiary/aromatic N) is 3. The minimum Gasteiger partial charge on any atom is -0.495 e. The maximum atomic E-state index is 13.6. The van der Waals surface area contributed by atoms with Crippen molar-refractivity contribution in [1.29, 1.82) is 0 Å². The van der Waals surface area contributed by atoms with Gasteiger partial charge in [-0.15, -0.1) is 0 Å². The molecule has 0 spiro atoms. The van der Waals surface area contributed by atoms with Gasteiger partial charge in [0.05, 0.1) is 12.8 Å². The summed E-state index contributed by atoms with van der Waals surface area (Å²) in [6.45, 7) is 3.14. The Balaban J connectivity index is 1.56. The van der Waals surface area contributed by atoms with Crippen LogP contribution in [0.15, 0.2) is 48.7 Å². The van der Waals surface area contributed by atoms with Crippen LogP contribution in [0.1, 0.15) is 46.0 Å². The molecule has 2 N–H and O–H groups in total. The van der Waals surface area contributed by atoms with Crippen molar-refractivity contribution in [2.75, 3.05) is 32.6 Å². The van der Waals surface area contributed by atoms with Gasteiger partial charge >= 0.3 is 6.18 Å². The molecule has 0 saturated carbocycles. The number of nitrogens with one attached hydrogen (secondary N) is 2. The van der Waals surface area contributed by atoms with E-state index in [0.29, 0.717) is 17.4 Å². The zero-order chi connectivity index (χ0) is 28.2. The number of aromatic nitrogens is 2. The second-order valence-corrected chi connectivity index (χ2v) is 9.19. The number of piperidine rings is 1. The maximum Gasteiger partial charge on any atom is 0.423 e. The number of likely N-dealkylation sites (tertiary alicyclic amines) is 1. The van der Waals surface area contributed by atoms with E-state index in [9.17, 15) is 22.8 Å². The fourth-order valence-corrected chi connectivity index (χ4v) is 4.07. The smallest absolute Gasteiger partial charge is 0.423 e. The number of rotatable bonds is 8. The molecular formula is C27H28F3N5O4. The first-order valence-corrected chi connectivity index (χ1v) is 12.2. The van der Waals surface area contributed by atoms with Gasteiger partial charge in [-0.2, -0.15) is 18.2 Å². The SMILES string of the molecule is COc1cc(C(=O)NC2CCN(C)CC2)ccc1Nc1ncc(C(F)(F)F)c(Oc2cccc(C(C)=O)c2)n1. The predicted octanol–water partition coefficient (Wildman–Crippen LogP) is 5.07. The Hall–Kier alpha value is -4.19. The molecule has 0 radical (unpaired) electrons. The van der Waals surface area contributed by atoms with Gasteiger partial charge in [0.25, 0.3) is 5.91 Å². The molecule has 3 aromatic rings. The van der Waals surface area contributed by atoms with E-state index in [1.54, 1.807) is 12.1 Å². The van der Waals surface area contributed by atoms with Crippen LogP contribution in [-0.2, 0) is 6.18 Å². The largest absolute Gasteiger partial charge is 0.495 e. The summed E-state index contributed by atoms with van der Waals surface area (Å²) in [6.07, 6.45) is -2.47. The molecule has 2 aromatic carbocycles. The van der Waals surface area contributed by atoms with Crippen molar-refractivity contribution in [3.63, 3.8) is 0 Å². The number of hydrogen-bond donors (Lipinski definition) is 2. The van der Waals surface area contributed by atoms with Crippen molar-refractivity contribution in [1.82, 2.24) is 20.2 Å². The molecule has 206 valence electrons. The predicted molar refractivity (Wildman–Crippen MR) is 138 cm³/mol. The molecule has 1 aromatic heterocycles. The Morgan fingerprint density at radius 2 is 1.82 bits per heavy atom. The number of alkyl halides is 3. The molecule has 1 aliphatic heterocycles. The molecule has 39 heavy (non-hydrogen) atoms. The highest BCUT2D eigenvalue weighted by atomic mass is 19.4. The Bertz CT molecular complexity index is 1360. The van der Waals surface area contributed by atoms with E-state index in [2.05, 4.69) is 25.5 Å². The van der Waals surface area contributed by atoms with Gasteiger partial charge < -0.3 is 25.0 Å². The number of methoxy groups -OCH3 is 1. The Labute approximate surface area is 223 Å². The number of ketones is 1. The highest BCUT2D eigenvalue weighted by Gasteiger charge is 2.36. The third-order valence-corrected chi connectivity index (χ3v) is 6.28. The average molecular weight is 544 g/mol. The number of anilines is 2. The fraction of sp³-hybridized carbons (Fsp3) is 0.333. The van der Waals surface area contributed by atoms with E-state index in [4.69, 9.17) is 9.47 Å². The molecule has 0 aliphatic carbocycles. The van der Waals surface area contributed by atoms with Gasteiger partial charge in [0, 0.05) is 23.4 Å². The first-order valence-electron chi connectivity index (χ1n) is 12.2. The molecule has 0 unspecified atom stereocenters. The molecule has 1 fully saturated rings. The zero-order valence-corrected chi connectivity index (χ0v) is 21.6. The molecule has 1 saturated heterocycles. The van der Waals surface area contributed by atoms with E-state index < -0.39 is 17.6 Å². The van der Waals surface area contributed by atoms with Gasteiger partial charge in [-0.05, 0) is 70.2 Å². The van der Waals surface area contributed by atoms with Crippen LogP contribution in [0.4, 0.5) is 24.8 Å². The van der Waals surface area contributed by atoms with Crippen LogP contribution in [0, 0.1) is 0 Å². The molecular weight excluding hydrogens is 515 g/mol. The second kappa shape index (κ2) is 11.7. The van der Waals surface area contributed by atoms with Gasteiger partial charge in [-0.1, -0.05) is 12.1 Å². The summed E-state index contributed by atoms with van der Waals surface area (Å²) in [6, 6.07) is 10.5. The van der Waals surface area contributed by atoms with Crippen molar-refractivity contribution in [3.8, 4) is 17.4 Å². The maximum absolute atomic E-state index is 13.6. The van der Waals surface area contributed by atoms with E-state index in [1.807, 2.05) is 7.05 Å². The standard InChI is InChI=1S/C27H28F3N5O4/c1-16(36)17-5-4-6-20(13-17)39-25-21(27(28,29)30)15-31-26(34-25)33-22-8-7-18(14-23(22)38-3)24(37)32-19-9-11-35(2)12-10-19/h4-8,13-15,19H,9-12H2,1-3H3,(H,32,37)(H,31,33,34). The van der Waals surface area contributed by atoms with Crippen molar-refractivity contribution in [2.45, 2.75) is 32.0 Å². The topological polar surface area (TPSA) is 106 Å². The minimum absolute atomic E-state index is 0.00964. The molecule has 0 bridgehead atoms. The molecule has 12 heteroatoms. The van der Waals surface area contributed by atoms with Crippen molar-refractivity contribution in [3.05, 3.63) is 65.4 Å². The highest BCUT2D eigenvalue weighted by molar-refractivity contribution is 5.95. The first-order chi connectivity index (χ1) is 18.5. The Morgan fingerprint density at radius 3 is 2.49 bits per heavy atom. The van der Waals surface area contributed by atoms with Crippen LogP contribution in [0.3, 0.4) is 0 Å². The summed E-state index contributed by atoms with van der Waals surface area (Å²) in [4.78, 5) is 34.4. The number of Topliss-reactive ketones (excluding diaryl/α,β-unsaturated/α-hetero) is 1. The van der Waals surface area contributed by atoms with E-state index >= 15 is 0 Å². The van der Waals surface area contributed by atoms with Crippen LogP contribution < -0.4 is 20.1 Å². The monoisotopic (exact) mass is 543 g/mol. The minimum atomic E-state index is -4.79. The lowest BCUT2D eigenvalue weighted by atomic mass is 10.0. The number of halogens is 3. The van der Waals surface area contributed by atoms with E-state index in [0.717, 1.165) is 25.9 Å². The Kier molecular flexibility index (Phi) is 8.34. The van der Waals surface area contributed by atoms with Crippen LogP contribution in [0.2, 0.25) is 0 Å². The fourth-order valence-electron chi connectivity index (χ4n) is 4.07. The lowest BCUT2D eigenvalue weighted by molar-refractivity contribution is -0.139. The third-order valence-electron chi connectivity index (χ3n) is 6.28. The normalized spacial score (nSPS) is 14.5. The number of amides is 1. The number of benzene rings is 2. The average Bonchev–Trinajstić information content (AvgIpc) is 2.89. The summed E-state index contributed by atoms with van der Waals surface area (Å²) >= 11 is 0. The quantitative estimate of drug-likeness (QED) is 0.380. The number of ether oxygens (including phenoxy) is 2. The van der Waals surface area contributed by atoms with Crippen LogP contribution in [0.5, 0.6) is 17.4 Å². The summed E-state index contributed by atoms with van der Waals surface area (Å²) in [5.74, 6) is -1.17. The number of hydrogen-bond acceptors (Lipinski definition) is 8. The summed E-state index contributed by atoms with van der Waals surface area (Å²) in [7, 11) is 3.44. The first kappa shape index (κ1) is 27.8. The van der Waals surface area contributed by atoms with E-state index in [-0.39, 0.29) is 40.7 Å². The van der Waals surface area contributed by atoms with Gasteiger partial charge in [0.1, 0.15) is 17.1 Å². The van der Waals surface area contributed by atoms with Crippen molar-refractivity contribution in [2.24, 2.45) is 0 Å². The highest BCUT2D eigenvalue weighted by Crippen LogP contribution is 2.38. The van der Waals surface area contributed by atoms with Gasteiger partial charge in [-0.25, -0.2) is 4.98 Å².